The van der Waals surface area contributed by atoms with Gasteiger partial charge in [0.25, 0.3) is 15.9 Å². The first-order chi connectivity index (χ1) is 13.4. The van der Waals surface area contributed by atoms with Gasteiger partial charge in [-0.1, -0.05) is 41.9 Å². The monoisotopic (exact) mass is 416 g/mol. The Bertz CT molecular complexity index is 1100. The number of hydrogen-bond acceptors (Lipinski definition) is 4. The van der Waals surface area contributed by atoms with Crippen LogP contribution in [-0.2, 0) is 10.0 Å². The van der Waals surface area contributed by atoms with Gasteiger partial charge < -0.3 is 10.1 Å². The SMILES string of the molecule is COc1ccc(Cl)cc1NC(=O)c1ccccc1NS(=O)(=O)c1ccccc1. The van der Waals surface area contributed by atoms with Gasteiger partial charge in [0, 0.05) is 5.02 Å². The Hall–Kier alpha value is -3.03. The smallest absolute Gasteiger partial charge is 0.261 e. The van der Waals surface area contributed by atoms with Crippen molar-refractivity contribution < 1.29 is 17.9 Å². The van der Waals surface area contributed by atoms with Crippen molar-refractivity contribution in [3.63, 3.8) is 0 Å². The summed E-state index contributed by atoms with van der Waals surface area (Å²) in [5.74, 6) is -0.0768. The van der Waals surface area contributed by atoms with Gasteiger partial charge in [0.15, 0.2) is 0 Å². The topological polar surface area (TPSA) is 84.5 Å². The molecule has 0 atom stereocenters. The molecule has 0 radical (unpaired) electrons. The van der Waals surface area contributed by atoms with E-state index in [-0.39, 0.29) is 16.1 Å². The Morgan fingerprint density at radius 1 is 0.929 bits per heavy atom. The summed E-state index contributed by atoms with van der Waals surface area (Å²) in [6, 6.07) is 19.1. The lowest BCUT2D eigenvalue weighted by atomic mass is 10.1. The highest BCUT2D eigenvalue weighted by Crippen LogP contribution is 2.29. The average molecular weight is 417 g/mol. The first-order valence-electron chi connectivity index (χ1n) is 8.22. The molecule has 2 N–H and O–H groups in total. The summed E-state index contributed by atoms with van der Waals surface area (Å²) in [4.78, 5) is 12.9. The van der Waals surface area contributed by atoms with Gasteiger partial charge in [-0.15, -0.1) is 0 Å². The molecule has 1 amide bonds. The number of nitrogens with one attached hydrogen (secondary N) is 2. The second-order valence-electron chi connectivity index (χ2n) is 5.76. The first-order valence-corrected chi connectivity index (χ1v) is 10.1. The molecular formula is C20H17ClN2O4S. The van der Waals surface area contributed by atoms with Crippen LogP contribution >= 0.6 is 11.6 Å². The zero-order valence-corrected chi connectivity index (χ0v) is 16.4. The third kappa shape index (κ3) is 4.44. The lowest BCUT2D eigenvalue weighted by molar-refractivity contribution is 0.102. The van der Waals surface area contributed by atoms with E-state index in [1.807, 2.05) is 0 Å². The van der Waals surface area contributed by atoms with E-state index in [1.54, 1.807) is 48.5 Å². The molecule has 0 saturated heterocycles. The first kappa shape index (κ1) is 19.7. The maximum Gasteiger partial charge on any atom is 0.261 e. The molecular weight excluding hydrogens is 400 g/mol. The fraction of sp³-hybridized carbons (Fsp3) is 0.0500. The van der Waals surface area contributed by atoms with E-state index in [1.165, 1.54) is 31.4 Å². The van der Waals surface area contributed by atoms with Gasteiger partial charge in [-0.25, -0.2) is 8.42 Å². The molecule has 0 aliphatic rings. The Balaban J connectivity index is 1.90. The number of sulfonamides is 1. The molecule has 0 saturated carbocycles. The summed E-state index contributed by atoms with van der Waals surface area (Å²) in [6.45, 7) is 0. The van der Waals surface area contributed by atoms with Crippen molar-refractivity contribution in [2.24, 2.45) is 0 Å². The number of methoxy groups -OCH3 is 1. The number of para-hydroxylation sites is 1. The standard InChI is InChI=1S/C20H17ClN2O4S/c1-27-19-12-11-14(21)13-18(19)22-20(24)16-9-5-6-10-17(16)23-28(25,26)15-7-3-2-4-8-15/h2-13,23H,1H3,(H,22,24). The zero-order chi connectivity index (χ0) is 20.1. The van der Waals surface area contributed by atoms with Crippen molar-refractivity contribution in [3.05, 3.63) is 83.4 Å². The maximum atomic E-state index is 12.8. The fourth-order valence-corrected chi connectivity index (χ4v) is 3.81. The van der Waals surface area contributed by atoms with Crippen molar-refractivity contribution in [1.29, 1.82) is 0 Å². The molecule has 0 unspecified atom stereocenters. The molecule has 0 aliphatic heterocycles. The fourth-order valence-electron chi connectivity index (χ4n) is 2.54. The summed E-state index contributed by atoms with van der Waals surface area (Å²) in [5.41, 5.74) is 0.689. The normalized spacial score (nSPS) is 10.9. The number of amides is 1. The van der Waals surface area contributed by atoms with Crippen LogP contribution in [0.4, 0.5) is 11.4 Å². The van der Waals surface area contributed by atoms with E-state index in [0.717, 1.165) is 0 Å². The maximum absolute atomic E-state index is 12.8. The minimum Gasteiger partial charge on any atom is -0.495 e. The van der Waals surface area contributed by atoms with Gasteiger partial charge in [0.05, 0.1) is 28.9 Å². The molecule has 0 bridgehead atoms. The van der Waals surface area contributed by atoms with Gasteiger partial charge in [-0.05, 0) is 42.5 Å². The highest BCUT2D eigenvalue weighted by Gasteiger charge is 2.19. The minimum atomic E-state index is -3.84. The molecule has 6 nitrogen and oxygen atoms in total. The van der Waals surface area contributed by atoms with Crippen molar-refractivity contribution in [2.75, 3.05) is 17.1 Å². The van der Waals surface area contributed by atoms with Crippen LogP contribution in [-0.4, -0.2) is 21.4 Å². The lowest BCUT2D eigenvalue weighted by Gasteiger charge is -2.14. The molecule has 0 aromatic heterocycles. The van der Waals surface area contributed by atoms with Gasteiger partial charge in [-0.3, -0.25) is 9.52 Å². The Morgan fingerprint density at radius 3 is 2.32 bits per heavy atom. The van der Waals surface area contributed by atoms with Crippen LogP contribution in [0.25, 0.3) is 0 Å². The average Bonchev–Trinajstić information content (AvgIpc) is 2.69. The molecule has 28 heavy (non-hydrogen) atoms. The number of ether oxygens (including phenoxy) is 1. The van der Waals surface area contributed by atoms with Crippen LogP contribution < -0.4 is 14.8 Å². The number of hydrogen-bond donors (Lipinski definition) is 2. The van der Waals surface area contributed by atoms with E-state index < -0.39 is 15.9 Å². The summed E-state index contributed by atoms with van der Waals surface area (Å²) >= 11 is 5.99. The number of benzene rings is 3. The Morgan fingerprint density at radius 2 is 1.61 bits per heavy atom. The van der Waals surface area contributed by atoms with Gasteiger partial charge in [0.2, 0.25) is 0 Å². The number of carbonyl (C=O) groups excluding carboxylic acids is 1. The van der Waals surface area contributed by atoms with Crippen LogP contribution in [0.3, 0.4) is 0 Å². The van der Waals surface area contributed by atoms with E-state index in [9.17, 15) is 13.2 Å². The molecule has 0 spiro atoms. The quantitative estimate of drug-likeness (QED) is 0.623. The highest BCUT2D eigenvalue weighted by molar-refractivity contribution is 7.92. The lowest BCUT2D eigenvalue weighted by Crippen LogP contribution is -2.18. The second-order valence-corrected chi connectivity index (χ2v) is 7.88. The molecule has 0 heterocycles. The molecule has 0 aliphatic carbocycles. The third-order valence-corrected chi connectivity index (χ3v) is 5.50. The van der Waals surface area contributed by atoms with Gasteiger partial charge >= 0.3 is 0 Å². The van der Waals surface area contributed by atoms with Crippen molar-refractivity contribution in [1.82, 2.24) is 0 Å². The van der Waals surface area contributed by atoms with Crippen LogP contribution in [0.5, 0.6) is 5.75 Å². The number of carbonyl (C=O) groups is 1. The molecule has 144 valence electrons. The minimum absolute atomic E-state index is 0.0988. The summed E-state index contributed by atoms with van der Waals surface area (Å²) < 4.78 is 32.9. The molecule has 0 fully saturated rings. The molecule has 3 rings (SSSR count). The Kier molecular flexibility index (Phi) is 5.87. The number of rotatable bonds is 6. The molecule has 3 aromatic rings. The van der Waals surface area contributed by atoms with Gasteiger partial charge in [0.1, 0.15) is 5.75 Å². The van der Waals surface area contributed by atoms with Gasteiger partial charge in [-0.2, -0.15) is 0 Å². The van der Waals surface area contributed by atoms with Crippen molar-refractivity contribution >= 4 is 38.9 Å². The zero-order valence-electron chi connectivity index (χ0n) is 14.8. The third-order valence-electron chi connectivity index (χ3n) is 3.88. The predicted molar refractivity (Wildman–Crippen MR) is 110 cm³/mol. The van der Waals surface area contributed by atoms with E-state index in [2.05, 4.69) is 10.0 Å². The number of anilines is 2. The highest BCUT2D eigenvalue weighted by atomic mass is 35.5. The van der Waals surface area contributed by atoms with Crippen LogP contribution in [0, 0.1) is 0 Å². The van der Waals surface area contributed by atoms with E-state index >= 15 is 0 Å². The Labute approximate surface area is 168 Å². The molecule has 8 heteroatoms. The van der Waals surface area contributed by atoms with E-state index in [4.69, 9.17) is 16.3 Å². The summed E-state index contributed by atoms with van der Waals surface area (Å²) in [5, 5.41) is 3.13. The van der Waals surface area contributed by atoms with Crippen LogP contribution in [0.15, 0.2) is 77.7 Å². The van der Waals surface area contributed by atoms with Crippen LogP contribution in [0.1, 0.15) is 10.4 Å². The van der Waals surface area contributed by atoms with E-state index in [0.29, 0.717) is 16.5 Å². The molecule has 3 aromatic carbocycles. The summed E-state index contributed by atoms with van der Waals surface area (Å²) in [6.07, 6.45) is 0. The van der Waals surface area contributed by atoms with Crippen molar-refractivity contribution in [3.8, 4) is 5.75 Å². The largest absolute Gasteiger partial charge is 0.495 e. The predicted octanol–water partition coefficient (Wildman–Crippen LogP) is 4.40. The van der Waals surface area contributed by atoms with Crippen molar-refractivity contribution in [2.45, 2.75) is 4.90 Å². The van der Waals surface area contributed by atoms with Crippen LogP contribution in [0.2, 0.25) is 5.02 Å². The summed E-state index contributed by atoms with van der Waals surface area (Å²) in [7, 11) is -2.36. The second kappa shape index (κ2) is 8.33. The number of halogens is 1.